The number of aromatic nitrogens is 1. The Hall–Kier alpha value is -2.21. The van der Waals surface area contributed by atoms with Gasteiger partial charge in [0.15, 0.2) is 0 Å². The zero-order valence-electron chi connectivity index (χ0n) is 13.1. The summed E-state index contributed by atoms with van der Waals surface area (Å²) in [5.41, 5.74) is 2.48. The van der Waals surface area contributed by atoms with Crippen molar-refractivity contribution in [1.29, 1.82) is 0 Å². The van der Waals surface area contributed by atoms with Crippen molar-refractivity contribution in [1.82, 2.24) is 4.98 Å². The summed E-state index contributed by atoms with van der Waals surface area (Å²) < 4.78 is 13.6. The number of aliphatic hydroxyl groups excluding tert-OH is 1. The SMILES string of the molecule is Cc1nc2ccc(F)cc2c(NCCCCCO)c1CC(=O)O. The minimum Gasteiger partial charge on any atom is -0.481 e. The van der Waals surface area contributed by atoms with E-state index < -0.39 is 5.97 Å². The van der Waals surface area contributed by atoms with Gasteiger partial charge in [0.2, 0.25) is 0 Å². The second-order valence-corrected chi connectivity index (χ2v) is 5.49. The number of fused-ring (bicyclic) bond motifs is 1. The first-order valence-electron chi connectivity index (χ1n) is 7.68. The molecule has 6 heteroatoms. The Morgan fingerprint density at radius 3 is 2.78 bits per heavy atom. The largest absolute Gasteiger partial charge is 0.481 e. The maximum Gasteiger partial charge on any atom is 0.307 e. The number of pyridine rings is 1. The van der Waals surface area contributed by atoms with Gasteiger partial charge in [0.25, 0.3) is 0 Å². The van der Waals surface area contributed by atoms with Gasteiger partial charge in [-0.2, -0.15) is 0 Å². The topological polar surface area (TPSA) is 82.5 Å². The van der Waals surface area contributed by atoms with Crippen LogP contribution < -0.4 is 5.32 Å². The van der Waals surface area contributed by atoms with E-state index in [1.54, 1.807) is 13.0 Å². The van der Waals surface area contributed by atoms with Gasteiger partial charge in [-0.05, 0) is 44.4 Å². The molecular formula is C17H21FN2O3. The van der Waals surface area contributed by atoms with E-state index >= 15 is 0 Å². The molecule has 124 valence electrons. The van der Waals surface area contributed by atoms with Crippen LogP contribution in [0.15, 0.2) is 18.2 Å². The van der Waals surface area contributed by atoms with E-state index in [0.717, 1.165) is 19.3 Å². The van der Waals surface area contributed by atoms with Crippen LogP contribution >= 0.6 is 0 Å². The van der Waals surface area contributed by atoms with Gasteiger partial charge in [-0.1, -0.05) is 0 Å². The number of nitrogens with one attached hydrogen (secondary N) is 1. The number of aryl methyl sites for hydroxylation is 1. The van der Waals surface area contributed by atoms with E-state index in [2.05, 4.69) is 10.3 Å². The Morgan fingerprint density at radius 2 is 2.09 bits per heavy atom. The number of aliphatic hydroxyl groups is 1. The van der Waals surface area contributed by atoms with Gasteiger partial charge in [0, 0.05) is 35.5 Å². The molecule has 0 atom stereocenters. The van der Waals surface area contributed by atoms with Crippen LogP contribution in [0.3, 0.4) is 0 Å². The number of hydrogen-bond acceptors (Lipinski definition) is 4. The molecule has 3 N–H and O–H groups in total. The molecular weight excluding hydrogens is 299 g/mol. The smallest absolute Gasteiger partial charge is 0.307 e. The molecule has 2 rings (SSSR count). The van der Waals surface area contributed by atoms with Crippen LogP contribution in [-0.4, -0.2) is 34.3 Å². The van der Waals surface area contributed by atoms with Crippen molar-refractivity contribution in [2.45, 2.75) is 32.6 Å². The summed E-state index contributed by atoms with van der Waals surface area (Å²) in [4.78, 5) is 15.5. The molecule has 1 aromatic heterocycles. The average molecular weight is 320 g/mol. The molecule has 23 heavy (non-hydrogen) atoms. The molecule has 0 fully saturated rings. The lowest BCUT2D eigenvalue weighted by molar-refractivity contribution is -0.136. The number of carboxylic acid groups (broad SMARTS) is 1. The fourth-order valence-electron chi connectivity index (χ4n) is 2.59. The van der Waals surface area contributed by atoms with Crippen LogP contribution in [0.5, 0.6) is 0 Å². The Labute approximate surface area is 134 Å². The van der Waals surface area contributed by atoms with E-state index in [-0.39, 0.29) is 18.8 Å². The van der Waals surface area contributed by atoms with Gasteiger partial charge in [-0.3, -0.25) is 9.78 Å². The highest BCUT2D eigenvalue weighted by molar-refractivity contribution is 5.94. The fourth-order valence-corrected chi connectivity index (χ4v) is 2.59. The first-order valence-corrected chi connectivity index (χ1v) is 7.68. The molecule has 0 spiro atoms. The second-order valence-electron chi connectivity index (χ2n) is 5.49. The van der Waals surface area contributed by atoms with Gasteiger partial charge >= 0.3 is 5.97 Å². The van der Waals surface area contributed by atoms with Crippen molar-refractivity contribution < 1.29 is 19.4 Å². The van der Waals surface area contributed by atoms with Crippen molar-refractivity contribution in [3.8, 4) is 0 Å². The summed E-state index contributed by atoms with van der Waals surface area (Å²) in [6, 6.07) is 4.32. The summed E-state index contributed by atoms with van der Waals surface area (Å²) >= 11 is 0. The highest BCUT2D eigenvalue weighted by Gasteiger charge is 2.15. The lowest BCUT2D eigenvalue weighted by atomic mass is 10.0. The van der Waals surface area contributed by atoms with E-state index in [1.807, 2.05) is 0 Å². The van der Waals surface area contributed by atoms with Crippen molar-refractivity contribution >= 4 is 22.6 Å². The van der Waals surface area contributed by atoms with Crippen LogP contribution in [-0.2, 0) is 11.2 Å². The summed E-state index contributed by atoms with van der Waals surface area (Å²) in [6.07, 6.45) is 2.28. The Balaban J connectivity index is 2.38. The van der Waals surface area contributed by atoms with Crippen LogP contribution in [0, 0.1) is 12.7 Å². The van der Waals surface area contributed by atoms with Gasteiger partial charge in [-0.15, -0.1) is 0 Å². The number of anilines is 1. The van der Waals surface area contributed by atoms with Crippen molar-refractivity contribution in [3.05, 3.63) is 35.3 Å². The van der Waals surface area contributed by atoms with Gasteiger partial charge in [0.05, 0.1) is 11.9 Å². The maximum absolute atomic E-state index is 13.6. The number of hydrogen-bond donors (Lipinski definition) is 3. The number of unbranched alkanes of at least 4 members (excludes halogenated alkanes) is 2. The summed E-state index contributed by atoms with van der Waals surface area (Å²) in [5, 5.41) is 21.8. The van der Waals surface area contributed by atoms with Gasteiger partial charge in [-0.25, -0.2) is 4.39 Å². The third-order valence-electron chi connectivity index (χ3n) is 3.72. The molecule has 0 saturated carbocycles. The van der Waals surface area contributed by atoms with Gasteiger partial charge in [0.1, 0.15) is 5.82 Å². The van der Waals surface area contributed by atoms with Crippen molar-refractivity contribution in [3.63, 3.8) is 0 Å². The monoisotopic (exact) mass is 320 g/mol. The predicted octanol–water partition coefficient (Wildman–Crippen LogP) is 2.88. The number of nitrogens with zero attached hydrogens (tertiary/aromatic N) is 1. The van der Waals surface area contributed by atoms with Crippen LogP contribution in [0.2, 0.25) is 0 Å². The Kier molecular flexibility index (Phi) is 5.87. The molecule has 0 unspecified atom stereocenters. The normalized spacial score (nSPS) is 10.9. The molecule has 5 nitrogen and oxygen atoms in total. The first-order chi connectivity index (χ1) is 11.0. The standard InChI is InChI=1S/C17H21FN2O3/c1-11-13(10-16(22)23)17(19-7-3-2-4-8-21)14-9-12(18)5-6-15(14)20-11/h5-6,9,21H,2-4,7-8,10H2,1H3,(H,19,20)(H,22,23). The predicted molar refractivity (Wildman–Crippen MR) is 87.2 cm³/mol. The lowest BCUT2D eigenvalue weighted by Crippen LogP contribution is -2.11. The average Bonchev–Trinajstić information content (AvgIpc) is 2.50. The number of halogens is 1. The second kappa shape index (κ2) is 7.87. The number of aliphatic carboxylic acids is 1. The van der Waals surface area contributed by atoms with Crippen molar-refractivity contribution in [2.24, 2.45) is 0 Å². The molecule has 0 radical (unpaired) electrons. The summed E-state index contributed by atoms with van der Waals surface area (Å²) in [6.45, 7) is 2.55. The number of rotatable bonds is 8. The summed E-state index contributed by atoms with van der Waals surface area (Å²) in [7, 11) is 0. The minimum absolute atomic E-state index is 0.159. The molecule has 0 aliphatic rings. The molecule has 0 bridgehead atoms. The zero-order chi connectivity index (χ0) is 16.8. The molecule has 0 aliphatic heterocycles. The van der Waals surface area contributed by atoms with Gasteiger partial charge < -0.3 is 15.5 Å². The van der Waals surface area contributed by atoms with Crippen molar-refractivity contribution in [2.75, 3.05) is 18.5 Å². The molecule has 1 aromatic carbocycles. The van der Waals surface area contributed by atoms with Crippen LogP contribution in [0.1, 0.15) is 30.5 Å². The fraction of sp³-hybridized carbons (Fsp3) is 0.412. The number of benzene rings is 1. The molecule has 0 aliphatic carbocycles. The zero-order valence-corrected chi connectivity index (χ0v) is 13.1. The lowest BCUT2D eigenvalue weighted by Gasteiger charge is -2.16. The Bertz CT molecular complexity index is 704. The Morgan fingerprint density at radius 1 is 1.30 bits per heavy atom. The number of carbonyl (C=O) groups is 1. The molecule has 0 saturated heterocycles. The van der Waals surface area contributed by atoms with E-state index in [4.69, 9.17) is 10.2 Å². The first kappa shape index (κ1) is 17.1. The van der Waals surface area contributed by atoms with E-state index in [1.165, 1.54) is 12.1 Å². The number of carboxylic acids is 1. The molecule has 1 heterocycles. The third-order valence-corrected chi connectivity index (χ3v) is 3.72. The highest BCUT2D eigenvalue weighted by atomic mass is 19.1. The highest BCUT2D eigenvalue weighted by Crippen LogP contribution is 2.29. The third kappa shape index (κ3) is 4.39. The molecule has 2 aromatic rings. The van der Waals surface area contributed by atoms with Crippen LogP contribution in [0.25, 0.3) is 10.9 Å². The quantitative estimate of drug-likeness (QED) is 0.652. The summed E-state index contributed by atoms with van der Waals surface area (Å²) in [5.74, 6) is -1.33. The molecule has 0 amide bonds. The maximum atomic E-state index is 13.6. The minimum atomic E-state index is -0.950. The van der Waals surface area contributed by atoms with E-state index in [9.17, 15) is 9.18 Å². The van der Waals surface area contributed by atoms with Crippen LogP contribution in [0.4, 0.5) is 10.1 Å². The van der Waals surface area contributed by atoms with E-state index in [0.29, 0.717) is 34.4 Å².